The number of benzene rings is 1. The quantitative estimate of drug-likeness (QED) is 0.603. The van der Waals surface area contributed by atoms with Crippen molar-refractivity contribution in [2.75, 3.05) is 21.3 Å². The molecule has 1 heterocycles. The van der Waals surface area contributed by atoms with Crippen LogP contribution in [-0.2, 0) is 9.53 Å². The molecule has 1 aliphatic rings. The molecule has 0 saturated heterocycles. The predicted molar refractivity (Wildman–Crippen MR) is 95.1 cm³/mol. The van der Waals surface area contributed by atoms with Crippen molar-refractivity contribution < 1.29 is 19.0 Å². The Balaban J connectivity index is 2.54. The highest BCUT2D eigenvalue weighted by molar-refractivity contribution is 7.80. The highest BCUT2D eigenvalue weighted by Gasteiger charge is 2.32. The van der Waals surface area contributed by atoms with Crippen LogP contribution in [0.25, 0.3) is 0 Å². The molecule has 0 spiro atoms. The summed E-state index contributed by atoms with van der Waals surface area (Å²) < 4.78 is 15.6. The zero-order valence-electron chi connectivity index (χ0n) is 14.3. The number of allylic oxidation sites excluding steroid dienone is 1. The summed E-state index contributed by atoms with van der Waals surface area (Å²) in [6.45, 7) is 2.04. The van der Waals surface area contributed by atoms with E-state index in [1.54, 1.807) is 20.3 Å². The van der Waals surface area contributed by atoms with Gasteiger partial charge in [0.2, 0.25) is 0 Å². The van der Waals surface area contributed by atoms with Gasteiger partial charge in [-0.1, -0.05) is 19.4 Å². The van der Waals surface area contributed by atoms with Gasteiger partial charge in [0.25, 0.3) is 0 Å². The minimum absolute atomic E-state index is 0.388. The summed E-state index contributed by atoms with van der Waals surface area (Å²) >= 11 is 5.30. The minimum Gasteiger partial charge on any atom is -0.493 e. The predicted octanol–water partition coefficient (Wildman–Crippen LogP) is 2.45. The summed E-state index contributed by atoms with van der Waals surface area (Å²) in [5.74, 6) is 0.818. The van der Waals surface area contributed by atoms with Gasteiger partial charge in [-0.25, -0.2) is 4.79 Å². The Kier molecular flexibility index (Phi) is 6.03. The lowest BCUT2D eigenvalue weighted by Gasteiger charge is -2.31. The molecule has 24 heavy (non-hydrogen) atoms. The average molecular weight is 350 g/mol. The molecule has 1 aromatic carbocycles. The fourth-order valence-electron chi connectivity index (χ4n) is 2.70. The molecule has 1 aliphatic heterocycles. The summed E-state index contributed by atoms with van der Waals surface area (Å²) in [4.78, 5) is 12.4. The van der Waals surface area contributed by atoms with E-state index in [1.165, 1.54) is 7.11 Å². The van der Waals surface area contributed by atoms with Gasteiger partial charge in [-0.15, -0.1) is 0 Å². The molecular formula is C17H22N2O4S. The van der Waals surface area contributed by atoms with Crippen molar-refractivity contribution in [1.29, 1.82) is 0 Å². The summed E-state index contributed by atoms with van der Waals surface area (Å²) in [5.41, 5.74) is 2.15. The van der Waals surface area contributed by atoms with Crippen LogP contribution in [0.1, 0.15) is 31.4 Å². The standard InChI is InChI=1S/C17H22N2O4S/c1-5-6-11-14(16(20)23-4)15(19-17(24)18-11)10-7-8-12(21-2)13(9-10)22-3/h7-9,15H,5-6H2,1-4H3,(H2,18,19,24)/t15-/m0/s1. The monoisotopic (exact) mass is 350 g/mol. The van der Waals surface area contributed by atoms with Gasteiger partial charge >= 0.3 is 5.97 Å². The average Bonchev–Trinajstić information content (AvgIpc) is 2.60. The van der Waals surface area contributed by atoms with Gasteiger partial charge in [-0.05, 0) is 36.3 Å². The number of esters is 1. The molecule has 0 unspecified atom stereocenters. The van der Waals surface area contributed by atoms with Crippen molar-refractivity contribution in [2.24, 2.45) is 0 Å². The van der Waals surface area contributed by atoms with E-state index in [-0.39, 0.29) is 5.97 Å². The van der Waals surface area contributed by atoms with Gasteiger partial charge in [-0.2, -0.15) is 0 Å². The maximum atomic E-state index is 12.4. The first-order valence-electron chi connectivity index (χ1n) is 7.66. The number of carbonyl (C=O) groups excluding carboxylic acids is 1. The third-order valence-corrected chi connectivity index (χ3v) is 4.02. The molecule has 2 N–H and O–H groups in total. The molecule has 0 bridgehead atoms. The topological polar surface area (TPSA) is 68.8 Å². The Morgan fingerprint density at radius 2 is 1.92 bits per heavy atom. The van der Waals surface area contributed by atoms with Crippen molar-refractivity contribution in [3.8, 4) is 11.5 Å². The zero-order valence-corrected chi connectivity index (χ0v) is 15.1. The van der Waals surface area contributed by atoms with Crippen LogP contribution < -0.4 is 20.1 Å². The lowest BCUT2D eigenvalue weighted by Crippen LogP contribution is -2.45. The lowest BCUT2D eigenvalue weighted by atomic mass is 9.93. The minimum atomic E-state index is -0.410. The first-order chi connectivity index (χ1) is 11.5. The van der Waals surface area contributed by atoms with Crippen LogP contribution in [0.5, 0.6) is 11.5 Å². The highest BCUT2D eigenvalue weighted by atomic mass is 32.1. The molecule has 6 nitrogen and oxygen atoms in total. The third-order valence-electron chi connectivity index (χ3n) is 3.80. The fourth-order valence-corrected chi connectivity index (χ4v) is 2.94. The van der Waals surface area contributed by atoms with Crippen LogP contribution >= 0.6 is 12.2 Å². The Morgan fingerprint density at radius 1 is 1.21 bits per heavy atom. The molecule has 7 heteroatoms. The van der Waals surface area contributed by atoms with Crippen LogP contribution in [0.15, 0.2) is 29.5 Å². The van der Waals surface area contributed by atoms with Crippen molar-refractivity contribution in [1.82, 2.24) is 10.6 Å². The van der Waals surface area contributed by atoms with E-state index in [1.807, 2.05) is 19.1 Å². The van der Waals surface area contributed by atoms with E-state index < -0.39 is 6.04 Å². The molecule has 0 saturated carbocycles. The van der Waals surface area contributed by atoms with Crippen LogP contribution in [-0.4, -0.2) is 32.4 Å². The number of ether oxygens (including phenoxy) is 3. The highest BCUT2D eigenvalue weighted by Crippen LogP contribution is 2.35. The molecule has 0 fully saturated rings. The van der Waals surface area contributed by atoms with Gasteiger partial charge in [0.15, 0.2) is 16.6 Å². The molecule has 0 amide bonds. The Bertz CT molecular complexity index is 673. The normalized spacial score (nSPS) is 17.0. The van der Waals surface area contributed by atoms with E-state index in [9.17, 15) is 4.79 Å². The van der Waals surface area contributed by atoms with Crippen molar-refractivity contribution in [2.45, 2.75) is 25.8 Å². The first-order valence-corrected chi connectivity index (χ1v) is 8.07. The van der Waals surface area contributed by atoms with Crippen molar-refractivity contribution in [3.05, 3.63) is 35.0 Å². The summed E-state index contributed by atoms with van der Waals surface area (Å²) in [6.07, 6.45) is 1.58. The van der Waals surface area contributed by atoms with Crippen LogP contribution in [0.2, 0.25) is 0 Å². The van der Waals surface area contributed by atoms with E-state index >= 15 is 0 Å². The van der Waals surface area contributed by atoms with Crippen molar-refractivity contribution >= 4 is 23.3 Å². The molecule has 0 radical (unpaired) electrons. The van der Waals surface area contributed by atoms with Gasteiger partial charge in [0.05, 0.1) is 32.9 Å². The van der Waals surface area contributed by atoms with Gasteiger partial charge in [0.1, 0.15) is 0 Å². The molecule has 2 rings (SSSR count). The number of hydrogen-bond donors (Lipinski definition) is 2. The molecule has 0 aliphatic carbocycles. The van der Waals surface area contributed by atoms with E-state index in [4.69, 9.17) is 26.4 Å². The first kappa shape index (κ1) is 18.1. The lowest BCUT2D eigenvalue weighted by molar-refractivity contribution is -0.136. The SMILES string of the molecule is CCCC1=C(C(=O)OC)[C@H](c2ccc(OC)c(OC)c2)NC(=S)N1. The number of hydrogen-bond acceptors (Lipinski definition) is 5. The molecule has 1 atom stereocenters. The molecule has 130 valence electrons. The maximum absolute atomic E-state index is 12.4. The molecule has 1 aromatic rings. The summed E-state index contributed by atoms with van der Waals surface area (Å²) in [6, 6.07) is 5.10. The second-order valence-corrected chi connectivity index (χ2v) is 5.69. The third kappa shape index (κ3) is 3.62. The van der Waals surface area contributed by atoms with Crippen LogP contribution in [0, 0.1) is 0 Å². The Hall–Kier alpha value is -2.28. The van der Waals surface area contributed by atoms with Crippen LogP contribution in [0.3, 0.4) is 0 Å². The number of carbonyl (C=O) groups is 1. The van der Waals surface area contributed by atoms with E-state index in [0.717, 1.165) is 17.7 Å². The largest absolute Gasteiger partial charge is 0.493 e. The van der Waals surface area contributed by atoms with Gasteiger partial charge in [-0.3, -0.25) is 0 Å². The van der Waals surface area contributed by atoms with E-state index in [2.05, 4.69) is 10.6 Å². The smallest absolute Gasteiger partial charge is 0.337 e. The number of nitrogens with one attached hydrogen (secondary N) is 2. The Labute approximate surface area is 147 Å². The fraction of sp³-hybridized carbons (Fsp3) is 0.412. The number of methoxy groups -OCH3 is 3. The molecule has 0 aromatic heterocycles. The van der Waals surface area contributed by atoms with Crippen molar-refractivity contribution in [3.63, 3.8) is 0 Å². The number of thiocarbonyl (C=S) groups is 1. The second-order valence-electron chi connectivity index (χ2n) is 5.28. The Morgan fingerprint density at radius 3 is 2.50 bits per heavy atom. The zero-order chi connectivity index (χ0) is 17.7. The number of rotatable bonds is 6. The van der Waals surface area contributed by atoms with Gasteiger partial charge < -0.3 is 24.8 Å². The van der Waals surface area contributed by atoms with E-state index in [0.29, 0.717) is 28.6 Å². The summed E-state index contributed by atoms with van der Waals surface area (Å²) in [7, 11) is 4.52. The van der Waals surface area contributed by atoms with Gasteiger partial charge in [0, 0.05) is 5.70 Å². The summed E-state index contributed by atoms with van der Waals surface area (Å²) in [5, 5.41) is 6.69. The maximum Gasteiger partial charge on any atom is 0.337 e. The molecular weight excluding hydrogens is 328 g/mol. The van der Waals surface area contributed by atoms with Crippen LogP contribution in [0.4, 0.5) is 0 Å². The second kappa shape index (κ2) is 8.01.